The summed E-state index contributed by atoms with van der Waals surface area (Å²) in [5.74, 6) is 2.64. The fourth-order valence-electron chi connectivity index (χ4n) is 2.66. The van der Waals surface area contributed by atoms with E-state index in [9.17, 15) is 0 Å². The first-order valence-corrected chi connectivity index (χ1v) is 10.3. The third-order valence-electron chi connectivity index (χ3n) is 4.07. The predicted molar refractivity (Wildman–Crippen MR) is 118 cm³/mol. The van der Waals surface area contributed by atoms with Crippen molar-refractivity contribution in [2.45, 2.75) is 26.9 Å². The average molecular weight is 411 g/mol. The lowest BCUT2D eigenvalue weighted by molar-refractivity contribution is 0.319. The van der Waals surface area contributed by atoms with Gasteiger partial charge in [0.05, 0.1) is 13.2 Å². The summed E-state index contributed by atoms with van der Waals surface area (Å²) in [5, 5.41) is 6.62. The SMILES string of the molecule is CCOc1ccccc1Oc1ccc(CNC(=NC)NCc2ccc(C)s2)cn1. The fourth-order valence-corrected chi connectivity index (χ4v) is 3.49. The Morgan fingerprint density at radius 2 is 1.83 bits per heavy atom. The minimum Gasteiger partial charge on any atom is -0.490 e. The number of thiophene rings is 1. The van der Waals surface area contributed by atoms with Crippen LogP contribution in [0.4, 0.5) is 0 Å². The Labute approximate surface area is 175 Å². The third kappa shape index (κ3) is 6.22. The molecule has 0 aliphatic rings. The van der Waals surface area contributed by atoms with Crippen LogP contribution in [0.3, 0.4) is 0 Å². The Balaban J connectivity index is 1.52. The highest BCUT2D eigenvalue weighted by atomic mass is 32.1. The first-order chi connectivity index (χ1) is 14.2. The van der Waals surface area contributed by atoms with Crippen molar-refractivity contribution in [1.82, 2.24) is 15.6 Å². The van der Waals surface area contributed by atoms with Crippen LogP contribution in [0.15, 0.2) is 59.7 Å². The molecule has 2 N–H and O–H groups in total. The molecular weight excluding hydrogens is 384 g/mol. The number of pyridine rings is 1. The van der Waals surface area contributed by atoms with Gasteiger partial charge >= 0.3 is 0 Å². The summed E-state index contributed by atoms with van der Waals surface area (Å²) in [4.78, 5) is 11.3. The Morgan fingerprint density at radius 1 is 1.03 bits per heavy atom. The van der Waals surface area contributed by atoms with Crippen LogP contribution in [0.5, 0.6) is 17.4 Å². The molecule has 0 bridgehead atoms. The van der Waals surface area contributed by atoms with Gasteiger partial charge < -0.3 is 20.1 Å². The predicted octanol–water partition coefficient (Wildman–Crippen LogP) is 4.51. The molecule has 2 heterocycles. The van der Waals surface area contributed by atoms with E-state index >= 15 is 0 Å². The lowest BCUT2D eigenvalue weighted by Crippen LogP contribution is -2.36. The van der Waals surface area contributed by atoms with Crippen molar-refractivity contribution in [3.8, 4) is 17.4 Å². The van der Waals surface area contributed by atoms with Crippen LogP contribution in [0.2, 0.25) is 0 Å². The van der Waals surface area contributed by atoms with Crippen molar-refractivity contribution < 1.29 is 9.47 Å². The van der Waals surface area contributed by atoms with Gasteiger partial charge in [0.15, 0.2) is 17.5 Å². The van der Waals surface area contributed by atoms with Gasteiger partial charge in [-0.15, -0.1) is 11.3 Å². The van der Waals surface area contributed by atoms with Crippen molar-refractivity contribution in [3.05, 3.63) is 70.0 Å². The highest BCUT2D eigenvalue weighted by molar-refractivity contribution is 7.11. The number of rotatable bonds is 8. The first-order valence-electron chi connectivity index (χ1n) is 9.52. The van der Waals surface area contributed by atoms with Crippen LogP contribution in [-0.4, -0.2) is 24.6 Å². The molecule has 152 valence electrons. The third-order valence-corrected chi connectivity index (χ3v) is 5.07. The van der Waals surface area contributed by atoms with Gasteiger partial charge in [0.2, 0.25) is 5.88 Å². The van der Waals surface area contributed by atoms with Gasteiger partial charge in [0, 0.05) is 35.6 Å². The van der Waals surface area contributed by atoms with Gasteiger partial charge in [0.25, 0.3) is 0 Å². The normalized spacial score (nSPS) is 11.2. The summed E-state index contributed by atoms with van der Waals surface area (Å²) < 4.78 is 11.4. The van der Waals surface area contributed by atoms with Crippen molar-refractivity contribution >= 4 is 17.3 Å². The molecule has 1 aromatic carbocycles. The largest absolute Gasteiger partial charge is 0.490 e. The molecule has 3 aromatic rings. The minimum absolute atomic E-state index is 0.525. The van der Waals surface area contributed by atoms with Crippen LogP contribution in [0, 0.1) is 6.92 Å². The molecule has 29 heavy (non-hydrogen) atoms. The van der Waals surface area contributed by atoms with E-state index in [1.807, 2.05) is 43.3 Å². The summed E-state index contributed by atoms with van der Waals surface area (Å²) >= 11 is 1.78. The summed E-state index contributed by atoms with van der Waals surface area (Å²) in [6.45, 7) is 6.01. The second kappa shape index (κ2) is 10.5. The molecule has 0 saturated carbocycles. The maximum atomic E-state index is 5.86. The molecule has 0 spiro atoms. The van der Waals surface area contributed by atoms with E-state index in [2.05, 4.69) is 39.7 Å². The van der Waals surface area contributed by atoms with Crippen molar-refractivity contribution in [2.75, 3.05) is 13.7 Å². The van der Waals surface area contributed by atoms with Crippen LogP contribution in [-0.2, 0) is 13.1 Å². The Kier molecular flexibility index (Phi) is 7.47. The smallest absolute Gasteiger partial charge is 0.219 e. The van der Waals surface area contributed by atoms with Crippen LogP contribution in [0.25, 0.3) is 0 Å². The van der Waals surface area contributed by atoms with E-state index in [-0.39, 0.29) is 0 Å². The van der Waals surface area contributed by atoms with Crippen LogP contribution < -0.4 is 20.1 Å². The number of nitrogens with zero attached hydrogens (tertiary/aromatic N) is 2. The van der Waals surface area contributed by atoms with Gasteiger partial charge in [-0.2, -0.15) is 0 Å². The summed E-state index contributed by atoms with van der Waals surface area (Å²) in [5.41, 5.74) is 1.03. The molecule has 2 aromatic heterocycles. The lowest BCUT2D eigenvalue weighted by Gasteiger charge is -2.12. The molecule has 6 nitrogen and oxygen atoms in total. The monoisotopic (exact) mass is 410 g/mol. The van der Waals surface area contributed by atoms with E-state index in [0.29, 0.717) is 30.5 Å². The average Bonchev–Trinajstić information content (AvgIpc) is 3.16. The number of aromatic nitrogens is 1. The molecular formula is C22H26N4O2S. The molecule has 0 saturated heterocycles. The fraction of sp³-hybridized carbons (Fsp3) is 0.273. The molecule has 7 heteroatoms. The molecule has 0 amide bonds. The number of nitrogens with one attached hydrogen (secondary N) is 2. The van der Waals surface area contributed by atoms with E-state index in [4.69, 9.17) is 9.47 Å². The molecule has 0 fully saturated rings. The maximum Gasteiger partial charge on any atom is 0.219 e. The van der Waals surface area contributed by atoms with Crippen molar-refractivity contribution in [1.29, 1.82) is 0 Å². The highest BCUT2D eigenvalue weighted by Crippen LogP contribution is 2.30. The summed E-state index contributed by atoms with van der Waals surface area (Å²) in [6.07, 6.45) is 1.79. The molecule has 0 radical (unpaired) electrons. The first kappa shape index (κ1) is 20.7. The van der Waals surface area contributed by atoms with Crippen LogP contribution >= 0.6 is 11.3 Å². The van der Waals surface area contributed by atoms with Gasteiger partial charge in [-0.05, 0) is 43.7 Å². The second-order valence-corrected chi connectivity index (χ2v) is 7.65. The quantitative estimate of drug-likeness (QED) is 0.422. The standard InChI is InChI=1S/C22H26N4O2S/c1-4-27-19-7-5-6-8-20(19)28-21-12-10-17(13-24-21)14-25-22(23-3)26-15-18-11-9-16(2)29-18/h5-13H,4,14-15H2,1-3H3,(H2,23,25,26). The number of aliphatic imine (C=N–C) groups is 1. The molecule has 0 unspecified atom stereocenters. The molecule has 0 aliphatic carbocycles. The number of hydrogen-bond acceptors (Lipinski definition) is 5. The van der Waals surface area contributed by atoms with Crippen molar-refractivity contribution in [2.24, 2.45) is 4.99 Å². The minimum atomic E-state index is 0.525. The molecule has 0 aliphatic heterocycles. The number of ether oxygens (including phenoxy) is 2. The summed E-state index contributed by atoms with van der Waals surface area (Å²) in [7, 11) is 1.76. The number of aryl methyl sites for hydroxylation is 1. The topological polar surface area (TPSA) is 67.8 Å². The lowest BCUT2D eigenvalue weighted by atomic mass is 10.3. The molecule has 0 atom stereocenters. The van der Waals surface area contributed by atoms with Crippen LogP contribution in [0.1, 0.15) is 22.2 Å². The van der Waals surface area contributed by atoms with E-state index in [1.165, 1.54) is 9.75 Å². The van der Waals surface area contributed by atoms with Crippen molar-refractivity contribution in [3.63, 3.8) is 0 Å². The van der Waals surface area contributed by atoms with Gasteiger partial charge in [-0.25, -0.2) is 4.98 Å². The van der Waals surface area contributed by atoms with Gasteiger partial charge in [-0.3, -0.25) is 4.99 Å². The number of benzene rings is 1. The van der Waals surface area contributed by atoms with Gasteiger partial charge in [-0.1, -0.05) is 18.2 Å². The Bertz CT molecular complexity index is 938. The zero-order valence-corrected chi connectivity index (χ0v) is 17.8. The van der Waals surface area contributed by atoms with Gasteiger partial charge in [0.1, 0.15) is 0 Å². The zero-order chi connectivity index (χ0) is 20.5. The Morgan fingerprint density at radius 3 is 2.48 bits per heavy atom. The number of para-hydroxylation sites is 2. The molecule has 3 rings (SSSR count). The number of guanidine groups is 1. The Hall–Kier alpha value is -3.06. The zero-order valence-electron chi connectivity index (χ0n) is 16.9. The second-order valence-electron chi connectivity index (χ2n) is 6.28. The van der Waals surface area contributed by atoms with E-state index in [1.54, 1.807) is 24.6 Å². The highest BCUT2D eigenvalue weighted by Gasteiger charge is 2.06. The summed E-state index contributed by atoms with van der Waals surface area (Å²) in [6, 6.07) is 15.7. The van der Waals surface area contributed by atoms with E-state index in [0.717, 1.165) is 18.1 Å². The number of hydrogen-bond donors (Lipinski definition) is 2. The maximum absolute atomic E-state index is 5.86. The van der Waals surface area contributed by atoms with E-state index < -0.39 is 0 Å².